The largest absolute Gasteiger partial charge is 0.387 e. The van der Waals surface area contributed by atoms with Crippen LogP contribution < -0.4 is 0 Å². The van der Waals surface area contributed by atoms with Crippen LogP contribution in [0.2, 0.25) is 0 Å². The standard InChI is InChI=1S/C15H14BrFOS2/c16-11-1-2-12(17)9(5-11)6-13(18)15-7-10-8-19-4-3-14(10)20-15/h1-2,5,7,13,18H,3-4,6,8H2. The summed E-state index contributed by atoms with van der Waals surface area (Å²) in [6.45, 7) is 0. The number of thioether (sulfide) groups is 1. The van der Waals surface area contributed by atoms with Gasteiger partial charge in [-0.2, -0.15) is 11.8 Å². The van der Waals surface area contributed by atoms with E-state index >= 15 is 0 Å². The summed E-state index contributed by atoms with van der Waals surface area (Å²) in [6, 6.07) is 6.93. The molecule has 2 heterocycles. The van der Waals surface area contributed by atoms with Crippen molar-refractivity contribution in [3.05, 3.63) is 55.4 Å². The van der Waals surface area contributed by atoms with Gasteiger partial charge in [-0.15, -0.1) is 11.3 Å². The second-order valence-electron chi connectivity index (χ2n) is 4.86. The van der Waals surface area contributed by atoms with Crippen molar-refractivity contribution in [1.29, 1.82) is 0 Å². The van der Waals surface area contributed by atoms with E-state index in [2.05, 4.69) is 22.0 Å². The highest BCUT2D eigenvalue weighted by Gasteiger charge is 2.19. The predicted molar refractivity (Wildman–Crippen MR) is 86.9 cm³/mol. The monoisotopic (exact) mass is 372 g/mol. The Morgan fingerprint density at radius 3 is 3.00 bits per heavy atom. The van der Waals surface area contributed by atoms with E-state index in [1.165, 1.54) is 16.5 Å². The molecular weight excluding hydrogens is 359 g/mol. The number of fused-ring (bicyclic) bond motifs is 1. The second kappa shape index (κ2) is 6.18. The maximum Gasteiger partial charge on any atom is 0.126 e. The highest BCUT2D eigenvalue weighted by atomic mass is 79.9. The zero-order valence-electron chi connectivity index (χ0n) is 10.7. The quantitative estimate of drug-likeness (QED) is 0.841. The van der Waals surface area contributed by atoms with Gasteiger partial charge in [0.15, 0.2) is 0 Å². The van der Waals surface area contributed by atoms with Gasteiger partial charge in [0.25, 0.3) is 0 Å². The summed E-state index contributed by atoms with van der Waals surface area (Å²) in [6.07, 6.45) is 0.778. The van der Waals surface area contributed by atoms with Crippen molar-refractivity contribution in [2.24, 2.45) is 0 Å². The number of aliphatic hydroxyl groups excluding tert-OH is 1. The number of halogens is 2. The Morgan fingerprint density at radius 2 is 2.20 bits per heavy atom. The van der Waals surface area contributed by atoms with Crippen LogP contribution in [0.15, 0.2) is 28.7 Å². The smallest absolute Gasteiger partial charge is 0.126 e. The molecule has 0 radical (unpaired) electrons. The summed E-state index contributed by atoms with van der Waals surface area (Å²) >= 11 is 6.95. The minimum atomic E-state index is -0.626. The van der Waals surface area contributed by atoms with Gasteiger partial charge in [-0.25, -0.2) is 4.39 Å². The molecule has 1 aromatic heterocycles. The fourth-order valence-electron chi connectivity index (χ4n) is 2.34. The van der Waals surface area contributed by atoms with Crippen molar-refractivity contribution in [1.82, 2.24) is 0 Å². The van der Waals surface area contributed by atoms with E-state index in [1.54, 1.807) is 23.5 Å². The van der Waals surface area contributed by atoms with E-state index in [4.69, 9.17) is 0 Å². The van der Waals surface area contributed by atoms with Crippen LogP contribution in [0.25, 0.3) is 0 Å². The summed E-state index contributed by atoms with van der Waals surface area (Å²) in [5.41, 5.74) is 1.89. The van der Waals surface area contributed by atoms with Crippen LogP contribution in [-0.2, 0) is 18.6 Å². The number of hydrogen-bond donors (Lipinski definition) is 1. The molecule has 0 amide bonds. The minimum Gasteiger partial charge on any atom is -0.387 e. The number of rotatable bonds is 3. The lowest BCUT2D eigenvalue weighted by Gasteiger charge is -2.09. The summed E-state index contributed by atoms with van der Waals surface area (Å²) in [7, 11) is 0. The summed E-state index contributed by atoms with van der Waals surface area (Å²) in [5, 5.41) is 10.4. The zero-order chi connectivity index (χ0) is 14.1. The molecule has 0 fully saturated rings. The molecule has 1 unspecified atom stereocenters. The van der Waals surface area contributed by atoms with E-state index in [-0.39, 0.29) is 5.82 Å². The Balaban J connectivity index is 1.80. The van der Waals surface area contributed by atoms with Gasteiger partial charge in [-0.1, -0.05) is 15.9 Å². The van der Waals surface area contributed by atoms with Crippen molar-refractivity contribution >= 4 is 39.0 Å². The van der Waals surface area contributed by atoms with Gasteiger partial charge >= 0.3 is 0 Å². The van der Waals surface area contributed by atoms with Crippen molar-refractivity contribution in [2.45, 2.75) is 24.7 Å². The fraction of sp³-hybridized carbons (Fsp3) is 0.333. The molecule has 2 aromatic rings. The average Bonchev–Trinajstić information content (AvgIpc) is 2.87. The molecule has 1 atom stereocenters. The normalized spacial score (nSPS) is 15.9. The SMILES string of the molecule is OC(Cc1cc(Br)ccc1F)c1cc2c(s1)CCSC2. The molecule has 1 N–H and O–H groups in total. The van der Waals surface area contributed by atoms with Crippen LogP contribution in [0, 0.1) is 5.82 Å². The summed E-state index contributed by atoms with van der Waals surface area (Å²) < 4.78 is 14.6. The average molecular weight is 373 g/mol. The zero-order valence-corrected chi connectivity index (χ0v) is 14.0. The first-order valence-electron chi connectivity index (χ1n) is 6.44. The predicted octanol–water partition coefficient (Wildman–Crippen LogP) is 4.72. The van der Waals surface area contributed by atoms with Gasteiger partial charge in [0.1, 0.15) is 5.82 Å². The highest BCUT2D eigenvalue weighted by molar-refractivity contribution is 9.10. The van der Waals surface area contributed by atoms with E-state index < -0.39 is 6.10 Å². The number of benzene rings is 1. The van der Waals surface area contributed by atoms with Crippen LogP contribution in [-0.4, -0.2) is 10.9 Å². The Morgan fingerprint density at radius 1 is 1.35 bits per heavy atom. The third-order valence-electron chi connectivity index (χ3n) is 3.40. The van der Waals surface area contributed by atoms with Gasteiger partial charge < -0.3 is 5.11 Å². The molecule has 5 heteroatoms. The van der Waals surface area contributed by atoms with Gasteiger partial charge in [-0.3, -0.25) is 0 Å². The molecule has 20 heavy (non-hydrogen) atoms. The van der Waals surface area contributed by atoms with Crippen LogP contribution in [0.4, 0.5) is 4.39 Å². The molecule has 1 aliphatic rings. The third-order valence-corrected chi connectivity index (χ3v) is 6.24. The van der Waals surface area contributed by atoms with E-state index in [9.17, 15) is 9.50 Å². The van der Waals surface area contributed by atoms with Crippen molar-refractivity contribution in [3.63, 3.8) is 0 Å². The molecule has 0 spiro atoms. The molecule has 0 saturated heterocycles. The topological polar surface area (TPSA) is 20.2 Å². The van der Waals surface area contributed by atoms with Crippen LogP contribution in [0.1, 0.15) is 27.0 Å². The van der Waals surface area contributed by atoms with Crippen LogP contribution in [0.5, 0.6) is 0 Å². The van der Waals surface area contributed by atoms with Crippen LogP contribution >= 0.6 is 39.0 Å². The Kier molecular flexibility index (Phi) is 4.50. The van der Waals surface area contributed by atoms with Gasteiger partial charge in [0.05, 0.1) is 6.10 Å². The maximum atomic E-state index is 13.7. The number of aliphatic hydroxyl groups is 1. The van der Waals surface area contributed by atoms with Crippen molar-refractivity contribution < 1.29 is 9.50 Å². The van der Waals surface area contributed by atoms with E-state index in [0.29, 0.717) is 12.0 Å². The van der Waals surface area contributed by atoms with Gasteiger partial charge in [0, 0.05) is 26.4 Å². The van der Waals surface area contributed by atoms with Crippen molar-refractivity contribution in [3.8, 4) is 0 Å². The molecule has 106 valence electrons. The first-order valence-corrected chi connectivity index (χ1v) is 9.21. The molecule has 0 aliphatic carbocycles. The minimum absolute atomic E-state index is 0.260. The molecule has 1 nitrogen and oxygen atoms in total. The molecular formula is C15H14BrFOS2. The van der Waals surface area contributed by atoms with E-state index in [1.807, 2.05) is 11.8 Å². The highest BCUT2D eigenvalue weighted by Crippen LogP contribution is 2.35. The van der Waals surface area contributed by atoms with Gasteiger partial charge in [0.2, 0.25) is 0 Å². The van der Waals surface area contributed by atoms with E-state index in [0.717, 1.165) is 27.3 Å². The lowest BCUT2D eigenvalue weighted by atomic mass is 10.1. The summed E-state index contributed by atoms with van der Waals surface area (Å²) in [5.74, 6) is 1.93. The first kappa shape index (κ1) is 14.6. The second-order valence-corrected chi connectivity index (χ2v) is 8.04. The van der Waals surface area contributed by atoms with Crippen molar-refractivity contribution in [2.75, 3.05) is 5.75 Å². The summed E-state index contributed by atoms with van der Waals surface area (Å²) in [4.78, 5) is 2.34. The lowest BCUT2D eigenvalue weighted by molar-refractivity contribution is 0.181. The lowest BCUT2D eigenvalue weighted by Crippen LogP contribution is -2.01. The molecule has 3 rings (SSSR count). The third kappa shape index (κ3) is 3.11. The Hall–Kier alpha value is -0.360. The number of aryl methyl sites for hydroxylation is 1. The number of hydrogen-bond acceptors (Lipinski definition) is 3. The fourth-order valence-corrected chi connectivity index (χ4v) is 5.11. The Labute approximate surface area is 134 Å². The van der Waals surface area contributed by atoms with Gasteiger partial charge in [-0.05, 0) is 47.6 Å². The molecule has 0 saturated carbocycles. The number of thiophene rings is 1. The first-order chi connectivity index (χ1) is 9.63. The maximum absolute atomic E-state index is 13.7. The Bertz CT molecular complexity index is 603. The van der Waals surface area contributed by atoms with Crippen LogP contribution in [0.3, 0.4) is 0 Å². The molecule has 1 aliphatic heterocycles. The molecule has 0 bridgehead atoms. The molecule has 1 aromatic carbocycles.